The number of rotatable bonds is 5. The Hall–Kier alpha value is -1.39. The molecule has 0 radical (unpaired) electrons. The Kier molecular flexibility index (Phi) is 6.60. The minimum absolute atomic E-state index is 0.0345. The average molecular weight is 399 g/mol. The van der Waals surface area contributed by atoms with Crippen LogP contribution in [0.1, 0.15) is 82.7 Å². The van der Waals surface area contributed by atoms with E-state index in [9.17, 15) is 9.90 Å². The molecule has 0 unspecified atom stereocenters. The SMILES string of the molecule is C[C@@]1(O)CCN(CC2CCCCC2)[C@@H](c2ccccc2)[C@@H]1NC(=O)C1CCCC1. The van der Waals surface area contributed by atoms with Crippen LogP contribution < -0.4 is 5.32 Å². The van der Waals surface area contributed by atoms with E-state index in [1.54, 1.807) is 0 Å². The molecule has 1 aromatic carbocycles. The van der Waals surface area contributed by atoms with Gasteiger partial charge in [0.2, 0.25) is 5.91 Å². The van der Waals surface area contributed by atoms with E-state index in [0.29, 0.717) is 6.42 Å². The van der Waals surface area contributed by atoms with Crippen LogP contribution in [0.25, 0.3) is 0 Å². The molecule has 4 rings (SSSR count). The summed E-state index contributed by atoms with van der Waals surface area (Å²) in [7, 11) is 0. The zero-order chi connectivity index (χ0) is 20.3. The number of carbonyl (C=O) groups is 1. The van der Waals surface area contributed by atoms with Gasteiger partial charge in [-0.1, -0.05) is 62.4 Å². The summed E-state index contributed by atoms with van der Waals surface area (Å²) in [5.41, 5.74) is 0.317. The third kappa shape index (κ3) is 4.86. The van der Waals surface area contributed by atoms with Crippen molar-refractivity contribution in [1.29, 1.82) is 0 Å². The van der Waals surface area contributed by atoms with Crippen LogP contribution >= 0.6 is 0 Å². The third-order valence-electron chi connectivity index (χ3n) is 7.67. The van der Waals surface area contributed by atoms with Gasteiger partial charge in [-0.3, -0.25) is 9.69 Å². The molecule has 1 aromatic rings. The molecule has 1 heterocycles. The number of amides is 1. The number of hydrogen-bond acceptors (Lipinski definition) is 3. The normalized spacial score (nSPS) is 32.3. The molecule has 2 aliphatic carbocycles. The van der Waals surface area contributed by atoms with Crippen molar-refractivity contribution in [3.05, 3.63) is 35.9 Å². The topological polar surface area (TPSA) is 52.6 Å². The highest BCUT2D eigenvalue weighted by Gasteiger charge is 2.47. The second-order valence-corrected chi connectivity index (χ2v) is 9.93. The van der Waals surface area contributed by atoms with Crippen LogP contribution in [-0.2, 0) is 4.79 Å². The molecule has 29 heavy (non-hydrogen) atoms. The molecule has 2 N–H and O–H groups in total. The predicted molar refractivity (Wildman–Crippen MR) is 116 cm³/mol. The Labute approximate surface area is 176 Å². The number of carbonyl (C=O) groups excluding carboxylic acids is 1. The third-order valence-corrected chi connectivity index (χ3v) is 7.67. The number of piperidine rings is 1. The number of nitrogens with zero attached hydrogens (tertiary/aromatic N) is 1. The van der Waals surface area contributed by atoms with E-state index in [2.05, 4.69) is 34.5 Å². The fourth-order valence-corrected chi connectivity index (χ4v) is 5.87. The monoisotopic (exact) mass is 398 g/mol. The van der Waals surface area contributed by atoms with E-state index >= 15 is 0 Å². The second kappa shape index (κ2) is 9.18. The minimum Gasteiger partial charge on any atom is -0.388 e. The first-order chi connectivity index (χ1) is 14.0. The molecule has 2 saturated carbocycles. The van der Waals surface area contributed by atoms with E-state index in [4.69, 9.17) is 0 Å². The Morgan fingerprint density at radius 1 is 1.07 bits per heavy atom. The van der Waals surface area contributed by atoms with Crippen molar-refractivity contribution in [1.82, 2.24) is 10.2 Å². The molecule has 0 bridgehead atoms. The van der Waals surface area contributed by atoms with Crippen molar-refractivity contribution in [2.75, 3.05) is 13.1 Å². The quantitative estimate of drug-likeness (QED) is 0.771. The van der Waals surface area contributed by atoms with Gasteiger partial charge in [-0.2, -0.15) is 0 Å². The minimum atomic E-state index is -0.891. The van der Waals surface area contributed by atoms with Gasteiger partial charge in [-0.15, -0.1) is 0 Å². The van der Waals surface area contributed by atoms with Crippen LogP contribution in [0, 0.1) is 11.8 Å². The summed E-state index contributed by atoms with van der Waals surface area (Å²) in [6.07, 6.45) is 11.7. The lowest BCUT2D eigenvalue weighted by Crippen LogP contribution is -2.63. The standard InChI is InChI=1S/C25H38N2O2/c1-25(29)16-17-27(18-19-10-4-2-5-11-19)22(20-12-6-3-7-13-20)23(25)26-24(28)21-14-8-9-15-21/h3,6-7,12-13,19,21-23,29H,2,4-5,8-11,14-18H2,1H3,(H,26,28)/t22-,23-,25+/m0/s1. The first-order valence-electron chi connectivity index (χ1n) is 11.9. The van der Waals surface area contributed by atoms with Gasteiger partial charge in [0.05, 0.1) is 17.7 Å². The lowest BCUT2D eigenvalue weighted by Gasteiger charge is -2.50. The summed E-state index contributed by atoms with van der Waals surface area (Å²) < 4.78 is 0. The molecule has 4 nitrogen and oxygen atoms in total. The van der Waals surface area contributed by atoms with E-state index < -0.39 is 5.60 Å². The van der Waals surface area contributed by atoms with Crippen LogP contribution in [-0.4, -0.2) is 40.6 Å². The molecule has 3 atom stereocenters. The van der Waals surface area contributed by atoms with Gasteiger partial charge in [0.15, 0.2) is 0 Å². The molecule has 0 spiro atoms. The van der Waals surface area contributed by atoms with Gasteiger partial charge in [-0.25, -0.2) is 0 Å². The summed E-state index contributed by atoms with van der Waals surface area (Å²) in [6, 6.07) is 10.3. The summed E-state index contributed by atoms with van der Waals surface area (Å²) >= 11 is 0. The van der Waals surface area contributed by atoms with E-state index in [-0.39, 0.29) is 23.9 Å². The van der Waals surface area contributed by atoms with Crippen molar-refractivity contribution in [2.45, 2.75) is 88.8 Å². The average Bonchev–Trinajstić information content (AvgIpc) is 3.27. The summed E-state index contributed by atoms with van der Waals surface area (Å²) in [6.45, 7) is 3.88. The highest BCUT2D eigenvalue weighted by atomic mass is 16.3. The van der Waals surface area contributed by atoms with Gasteiger partial charge in [0.1, 0.15) is 0 Å². The highest BCUT2D eigenvalue weighted by molar-refractivity contribution is 5.79. The highest BCUT2D eigenvalue weighted by Crippen LogP contribution is 2.39. The molecule has 1 saturated heterocycles. The first kappa shape index (κ1) is 20.9. The fraction of sp³-hybridized carbons (Fsp3) is 0.720. The van der Waals surface area contributed by atoms with Crippen LogP contribution in [0.3, 0.4) is 0 Å². The summed E-state index contributed by atoms with van der Waals surface area (Å²) in [5, 5.41) is 14.7. The van der Waals surface area contributed by atoms with E-state index in [1.165, 1.54) is 37.7 Å². The van der Waals surface area contributed by atoms with Gasteiger partial charge >= 0.3 is 0 Å². The van der Waals surface area contributed by atoms with Crippen molar-refractivity contribution in [3.63, 3.8) is 0 Å². The maximum Gasteiger partial charge on any atom is 0.223 e. The maximum absolute atomic E-state index is 13.0. The number of aliphatic hydroxyl groups is 1. The van der Waals surface area contributed by atoms with Crippen LogP contribution in [0.4, 0.5) is 0 Å². The Morgan fingerprint density at radius 3 is 2.41 bits per heavy atom. The van der Waals surface area contributed by atoms with Gasteiger partial charge in [-0.05, 0) is 50.5 Å². The van der Waals surface area contributed by atoms with E-state index in [1.807, 2.05) is 13.0 Å². The fourth-order valence-electron chi connectivity index (χ4n) is 5.87. The van der Waals surface area contributed by atoms with Crippen LogP contribution in [0.5, 0.6) is 0 Å². The Balaban J connectivity index is 1.59. The largest absolute Gasteiger partial charge is 0.388 e. The molecular weight excluding hydrogens is 360 g/mol. The Morgan fingerprint density at radius 2 is 1.72 bits per heavy atom. The second-order valence-electron chi connectivity index (χ2n) is 9.93. The van der Waals surface area contributed by atoms with Crippen molar-refractivity contribution < 1.29 is 9.90 Å². The van der Waals surface area contributed by atoms with E-state index in [0.717, 1.165) is 44.7 Å². The molecule has 4 heteroatoms. The molecule has 3 aliphatic rings. The maximum atomic E-state index is 13.0. The number of likely N-dealkylation sites (tertiary alicyclic amines) is 1. The molecular formula is C25H38N2O2. The zero-order valence-corrected chi connectivity index (χ0v) is 18.0. The molecule has 1 amide bonds. The smallest absolute Gasteiger partial charge is 0.223 e. The number of benzene rings is 1. The van der Waals surface area contributed by atoms with Gasteiger partial charge < -0.3 is 10.4 Å². The van der Waals surface area contributed by atoms with Crippen molar-refractivity contribution in [3.8, 4) is 0 Å². The molecule has 3 fully saturated rings. The predicted octanol–water partition coefficient (Wildman–Crippen LogP) is 4.44. The van der Waals surface area contributed by atoms with Crippen molar-refractivity contribution in [2.24, 2.45) is 11.8 Å². The molecule has 0 aromatic heterocycles. The lowest BCUT2D eigenvalue weighted by molar-refractivity contribution is -0.132. The molecule has 160 valence electrons. The summed E-state index contributed by atoms with van der Waals surface area (Å²) in [5.74, 6) is 1.01. The van der Waals surface area contributed by atoms with Crippen LogP contribution in [0.15, 0.2) is 30.3 Å². The zero-order valence-electron chi connectivity index (χ0n) is 18.0. The lowest BCUT2D eigenvalue weighted by atomic mass is 9.78. The Bertz CT molecular complexity index is 663. The van der Waals surface area contributed by atoms with Crippen LogP contribution in [0.2, 0.25) is 0 Å². The molecule has 1 aliphatic heterocycles. The van der Waals surface area contributed by atoms with Crippen molar-refractivity contribution >= 4 is 5.91 Å². The van der Waals surface area contributed by atoms with Gasteiger partial charge in [0.25, 0.3) is 0 Å². The first-order valence-corrected chi connectivity index (χ1v) is 11.9. The van der Waals surface area contributed by atoms with Gasteiger partial charge in [0, 0.05) is 19.0 Å². The number of hydrogen-bond donors (Lipinski definition) is 2. The number of nitrogens with one attached hydrogen (secondary N) is 1. The summed E-state index contributed by atoms with van der Waals surface area (Å²) in [4.78, 5) is 15.6.